The lowest BCUT2D eigenvalue weighted by atomic mass is 9.77. The normalized spacial score (nSPS) is 29.2. The molecular weight excluding hydrogens is 314 g/mol. The van der Waals surface area contributed by atoms with E-state index in [1.807, 2.05) is 0 Å². The Morgan fingerprint density at radius 3 is 2.04 bits per heavy atom. The Balaban J connectivity index is 1.39. The molecule has 1 heteroatoms. The first-order valence-electron chi connectivity index (χ1n) is 11.3. The third kappa shape index (κ3) is 5.60. The van der Waals surface area contributed by atoms with Crippen LogP contribution in [0.1, 0.15) is 101 Å². The maximum atomic E-state index is 9.05. The number of nitriles is 1. The zero-order chi connectivity index (χ0) is 18.2. The summed E-state index contributed by atoms with van der Waals surface area (Å²) in [5.41, 5.74) is 3.02. The molecule has 2 aliphatic carbocycles. The lowest BCUT2D eigenvalue weighted by Crippen LogP contribution is -2.15. The first-order valence-corrected chi connectivity index (χ1v) is 11.3. The number of benzene rings is 1. The van der Waals surface area contributed by atoms with E-state index in [1.54, 1.807) is 0 Å². The summed E-state index contributed by atoms with van der Waals surface area (Å²) in [4.78, 5) is 0. The van der Waals surface area contributed by atoms with Gasteiger partial charge in [0.25, 0.3) is 0 Å². The molecule has 0 unspecified atom stereocenters. The van der Waals surface area contributed by atoms with E-state index < -0.39 is 0 Å². The largest absolute Gasteiger partial charge is 0.198 e. The van der Waals surface area contributed by atoms with Gasteiger partial charge in [-0.1, -0.05) is 76.1 Å². The van der Waals surface area contributed by atoms with Crippen molar-refractivity contribution in [1.29, 1.82) is 5.26 Å². The van der Waals surface area contributed by atoms with Crippen LogP contribution in [0.5, 0.6) is 0 Å². The van der Waals surface area contributed by atoms with Crippen LogP contribution in [0, 0.1) is 29.1 Å². The van der Waals surface area contributed by atoms with Crippen LogP contribution in [0.3, 0.4) is 0 Å². The van der Waals surface area contributed by atoms with Crippen LogP contribution in [-0.4, -0.2) is 0 Å². The van der Waals surface area contributed by atoms with E-state index in [4.69, 9.17) is 5.26 Å². The van der Waals surface area contributed by atoms with Gasteiger partial charge in [-0.15, -0.1) is 0 Å². The lowest BCUT2D eigenvalue weighted by molar-refractivity contribution is 0.250. The van der Waals surface area contributed by atoms with E-state index in [-0.39, 0.29) is 0 Å². The van der Waals surface area contributed by atoms with Gasteiger partial charge < -0.3 is 0 Å². The molecular formula is C25H37N. The number of hydrogen-bond acceptors (Lipinski definition) is 1. The second kappa shape index (κ2) is 10.1. The standard InChI is InChI=1S/C25H37N/c1-2-3-4-20-5-7-21(8-6-20)9-10-22-11-15-24(16-12-22)25-17-13-23(19-26)14-18-25/h11-12,15-16,20-21,23,25H,2-10,13-14,17-18H2,1H3/t20-,21-,23-,25-. The van der Waals surface area contributed by atoms with Crippen molar-refractivity contribution >= 4 is 0 Å². The van der Waals surface area contributed by atoms with Crippen molar-refractivity contribution in [1.82, 2.24) is 0 Å². The average molecular weight is 352 g/mol. The van der Waals surface area contributed by atoms with E-state index >= 15 is 0 Å². The summed E-state index contributed by atoms with van der Waals surface area (Å²) in [7, 11) is 0. The molecule has 0 atom stereocenters. The van der Waals surface area contributed by atoms with Crippen molar-refractivity contribution in [3.63, 3.8) is 0 Å². The predicted molar refractivity (Wildman–Crippen MR) is 110 cm³/mol. The molecule has 2 saturated carbocycles. The molecule has 0 N–H and O–H groups in total. The summed E-state index contributed by atoms with van der Waals surface area (Å²) < 4.78 is 0. The molecule has 0 radical (unpaired) electrons. The van der Waals surface area contributed by atoms with Crippen molar-refractivity contribution in [2.75, 3.05) is 0 Å². The number of aryl methyl sites for hydroxylation is 1. The van der Waals surface area contributed by atoms with Crippen LogP contribution >= 0.6 is 0 Å². The van der Waals surface area contributed by atoms with Gasteiger partial charge in [0, 0.05) is 5.92 Å². The van der Waals surface area contributed by atoms with Gasteiger partial charge in [0.15, 0.2) is 0 Å². The minimum absolute atomic E-state index is 0.308. The average Bonchev–Trinajstić information content (AvgIpc) is 2.72. The lowest BCUT2D eigenvalue weighted by Gasteiger charge is -2.28. The van der Waals surface area contributed by atoms with E-state index in [0.29, 0.717) is 11.8 Å². The molecule has 0 aromatic heterocycles. The van der Waals surface area contributed by atoms with Crippen molar-refractivity contribution in [2.24, 2.45) is 17.8 Å². The molecule has 2 fully saturated rings. The second-order valence-corrected chi connectivity index (χ2v) is 8.99. The molecule has 1 aromatic carbocycles. The second-order valence-electron chi connectivity index (χ2n) is 8.99. The van der Waals surface area contributed by atoms with Crippen LogP contribution < -0.4 is 0 Å². The maximum absolute atomic E-state index is 9.05. The van der Waals surface area contributed by atoms with Crippen LogP contribution in [0.15, 0.2) is 24.3 Å². The minimum atomic E-state index is 0.308. The molecule has 1 aromatic rings. The Labute approximate surface area is 161 Å². The van der Waals surface area contributed by atoms with E-state index in [0.717, 1.165) is 24.7 Å². The van der Waals surface area contributed by atoms with Gasteiger partial charge in [-0.2, -0.15) is 5.26 Å². The first kappa shape index (κ1) is 19.5. The highest BCUT2D eigenvalue weighted by Crippen LogP contribution is 2.36. The first-order chi connectivity index (χ1) is 12.8. The summed E-state index contributed by atoms with van der Waals surface area (Å²) >= 11 is 0. The highest BCUT2D eigenvalue weighted by Gasteiger charge is 2.22. The fourth-order valence-electron chi connectivity index (χ4n) is 5.18. The Bertz CT molecular complexity index is 551. The molecule has 0 saturated heterocycles. The fraction of sp³-hybridized carbons (Fsp3) is 0.720. The van der Waals surface area contributed by atoms with E-state index in [1.165, 1.54) is 81.8 Å². The number of nitrogens with zero attached hydrogens (tertiary/aromatic N) is 1. The van der Waals surface area contributed by atoms with Crippen LogP contribution in [0.2, 0.25) is 0 Å². The van der Waals surface area contributed by atoms with Crippen molar-refractivity contribution < 1.29 is 0 Å². The van der Waals surface area contributed by atoms with Gasteiger partial charge in [-0.25, -0.2) is 0 Å². The monoisotopic (exact) mass is 351 g/mol. The smallest absolute Gasteiger partial charge is 0.0655 e. The Kier molecular flexibility index (Phi) is 7.60. The quantitative estimate of drug-likeness (QED) is 0.501. The minimum Gasteiger partial charge on any atom is -0.198 e. The molecule has 3 rings (SSSR count). The summed E-state index contributed by atoms with van der Waals surface area (Å²) in [6.07, 6.45) is 17.4. The van der Waals surface area contributed by atoms with Gasteiger partial charge in [0.1, 0.15) is 0 Å². The zero-order valence-electron chi connectivity index (χ0n) is 16.8. The molecule has 0 spiro atoms. The van der Waals surface area contributed by atoms with Gasteiger partial charge in [-0.3, -0.25) is 0 Å². The molecule has 0 aliphatic heterocycles. The van der Waals surface area contributed by atoms with Crippen molar-refractivity contribution in [3.8, 4) is 6.07 Å². The SMILES string of the molecule is CCCC[C@H]1CC[C@H](CCc2ccc([C@H]3CC[C@H](C#N)CC3)cc2)CC1. The zero-order valence-corrected chi connectivity index (χ0v) is 16.8. The molecule has 0 heterocycles. The topological polar surface area (TPSA) is 23.8 Å². The fourth-order valence-corrected chi connectivity index (χ4v) is 5.18. The highest BCUT2D eigenvalue weighted by atomic mass is 14.3. The maximum Gasteiger partial charge on any atom is 0.0655 e. The molecule has 0 bridgehead atoms. The van der Waals surface area contributed by atoms with Crippen LogP contribution in [-0.2, 0) is 6.42 Å². The summed E-state index contributed by atoms with van der Waals surface area (Å²) in [6, 6.07) is 11.9. The van der Waals surface area contributed by atoms with Crippen molar-refractivity contribution in [2.45, 2.75) is 96.3 Å². The Morgan fingerprint density at radius 2 is 1.46 bits per heavy atom. The Hall–Kier alpha value is -1.29. The van der Waals surface area contributed by atoms with Crippen LogP contribution in [0.25, 0.3) is 0 Å². The number of hydrogen-bond donors (Lipinski definition) is 0. The van der Waals surface area contributed by atoms with Gasteiger partial charge in [-0.05, 0) is 67.4 Å². The molecule has 1 nitrogen and oxygen atoms in total. The third-order valence-electron chi connectivity index (χ3n) is 7.13. The van der Waals surface area contributed by atoms with Crippen molar-refractivity contribution in [3.05, 3.63) is 35.4 Å². The predicted octanol–water partition coefficient (Wildman–Crippen LogP) is 7.41. The van der Waals surface area contributed by atoms with Gasteiger partial charge in [0.2, 0.25) is 0 Å². The molecule has 142 valence electrons. The molecule has 2 aliphatic rings. The summed E-state index contributed by atoms with van der Waals surface area (Å²) in [6.45, 7) is 2.31. The highest BCUT2D eigenvalue weighted by molar-refractivity contribution is 5.26. The van der Waals surface area contributed by atoms with Crippen LogP contribution in [0.4, 0.5) is 0 Å². The third-order valence-corrected chi connectivity index (χ3v) is 7.13. The van der Waals surface area contributed by atoms with E-state index in [2.05, 4.69) is 37.3 Å². The molecule has 26 heavy (non-hydrogen) atoms. The Morgan fingerprint density at radius 1 is 0.846 bits per heavy atom. The summed E-state index contributed by atoms with van der Waals surface area (Å²) in [5.74, 6) is 2.99. The number of unbranched alkanes of at least 4 members (excludes halogenated alkanes) is 1. The van der Waals surface area contributed by atoms with E-state index in [9.17, 15) is 0 Å². The number of rotatable bonds is 7. The molecule has 0 amide bonds. The summed E-state index contributed by atoms with van der Waals surface area (Å²) in [5, 5.41) is 9.05. The van der Waals surface area contributed by atoms with Gasteiger partial charge in [0.05, 0.1) is 6.07 Å². The van der Waals surface area contributed by atoms with Gasteiger partial charge >= 0.3 is 0 Å².